The van der Waals surface area contributed by atoms with E-state index in [-0.39, 0.29) is 30.0 Å². The summed E-state index contributed by atoms with van der Waals surface area (Å²) in [5.74, 6) is 2.25. The highest BCUT2D eigenvalue weighted by atomic mass is 127. The van der Waals surface area contributed by atoms with Crippen LogP contribution in [0.25, 0.3) is 0 Å². The van der Waals surface area contributed by atoms with E-state index in [9.17, 15) is 0 Å². The normalized spacial score (nSPS) is 12.1. The minimum Gasteiger partial charge on any atom is -0.493 e. The van der Waals surface area contributed by atoms with E-state index in [2.05, 4.69) is 22.5 Å². The van der Waals surface area contributed by atoms with Crippen molar-refractivity contribution in [1.82, 2.24) is 10.6 Å². The maximum absolute atomic E-state index is 5.66. The van der Waals surface area contributed by atoms with Gasteiger partial charge in [0, 0.05) is 26.7 Å². The molecule has 138 valence electrons. The summed E-state index contributed by atoms with van der Waals surface area (Å²) in [5, 5.41) is 6.54. The molecule has 0 saturated carbocycles. The number of rotatable bonds is 9. The van der Waals surface area contributed by atoms with Gasteiger partial charge in [-0.3, -0.25) is 4.99 Å². The number of benzene rings is 1. The second kappa shape index (κ2) is 13.1. The molecule has 0 radical (unpaired) electrons. The van der Waals surface area contributed by atoms with Crippen LogP contribution in [-0.4, -0.2) is 46.5 Å². The monoisotopic (exact) mass is 451 g/mol. The van der Waals surface area contributed by atoms with Crippen molar-refractivity contribution in [1.29, 1.82) is 0 Å². The molecule has 1 atom stereocenters. The summed E-state index contributed by atoms with van der Waals surface area (Å²) in [6.07, 6.45) is 0.966. The van der Waals surface area contributed by atoms with Gasteiger partial charge in [-0.05, 0) is 31.0 Å². The van der Waals surface area contributed by atoms with E-state index in [1.54, 1.807) is 21.3 Å². The lowest BCUT2D eigenvalue weighted by molar-refractivity contribution is 0.179. The van der Waals surface area contributed by atoms with E-state index in [0.717, 1.165) is 29.4 Å². The molecule has 0 fully saturated rings. The number of ether oxygens (including phenoxy) is 3. The van der Waals surface area contributed by atoms with Crippen molar-refractivity contribution in [2.45, 2.75) is 32.9 Å². The molecule has 0 bridgehead atoms. The van der Waals surface area contributed by atoms with Crippen molar-refractivity contribution >= 4 is 29.9 Å². The number of hydrogen-bond donors (Lipinski definition) is 2. The molecule has 1 aromatic rings. The number of halogens is 1. The third kappa shape index (κ3) is 8.05. The van der Waals surface area contributed by atoms with Gasteiger partial charge in [0.25, 0.3) is 0 Å². The molecule has 6 nitrogen and oxygen atoms in total. The minimum atomic E-state index is 0. The Morgan fingerprint density at radius 2 is 2.00 bits per heavy atom. The van der Waals surface area contributed by atoms with Gasteiger partial charge >= 0.3 is 0 Å². The molecule has 0 aliphatic carbocycles. The first-order chi connectivity index (χ1) is 11.1. The molecule has 24 heavy (non-hydrogen) atoms. The van der Waals surface area contributed by atoms with Gasteiger partial charge < -0.3 is 24.8 Å². The van der Waals surface area contributed by atoms with Crippen LogP contribution < -0.4 is 20.1 Å². The third-order valence-corrected chi connectivity index (χ3v) is 3.17. The van der Waals surface area contributed by atoms with Crippen LogP contribution in [0.15, 0.2) is 23.2 Å². The number of nitrogens with one attached hydrogen (secondary N) is 2. The van der Waals surface area contributed by atoms with Crippen molar-refractivity contribution < 1.29 is 14.2 Å². The maximum atomic E-state index is 5.66. The molecule has 0 heterocycles. The third-order valence-electron chi connectivity index (χ3n) is 3.17. The molecule has 1 unspecified atom stereocenters. The first-order valence-electron chi connectivity index (χ1n) is 7.90. The molecule has 0 saturated heterocycles. The van der Waals surface area contributed by atoms with Gasteiger partial charge in [-0.1, -0.05) is 13.0 Å². The number of nitrogens with zero attached hydrogens (tertiary/aromatic N) is 1. The lowest BCUT2D eigenvalue weighted by Gasteiger charge is -2.17. The molecular weight excluding hydrogens is 421 g/mol. The summed E-state index contributed by atoms with van der Waals surface area (Å²) < 4.78 is 16.2. The number of guanidine groups is 1. The van der Waals surface area contributed by atoms with Gasteiger partial charge in [0.1, 0.15) is 0 Å². The second-order valence-corrected chi connectivity index (χ2v) is 5.26. The Balaban J connectivity index is 0.00000529. The molecule has 1 rings (SSSR count). The standard InChI is InChI=1S/C17H29N3O3.HI/c1-6-9-23-15-8-7-14(10-16(15)22-5)11-19-17(18-3)20-13(2)12-21-4;/h7-8,10,13H,6,9,11-12H2,1-5H3,(H2,18,19,20);1H. The van der Waals surface area contributed by atoms with Crippen LogP contribution in [0.1, 0.15) is 25.8 Å². The lowest BCUT2D eigenvalue weighted by Crippen LogP contribution is -2.43. The second-order valence-electron chi connectivity index (χ2n) is 5.26. The van der Waals surface area contributed by atoms with Crippen LogP contribution in [-0.2, 0) is 11.3 Å². The molecule has 0 aliphatic rings. The first kappa shape index (κ1) is 22.8. The van der Waals surface area contributed by atoms with E-state index in [1.165, 1.54) is 0 Å². The fourth-order valence-corrected chi connectivity index (χ4v) is 2.06. The topological polar surface area (TPSA) is 64.1 Å². The molecule has 2 N–H and O–H groups in total. The summed E-state index contributed by atoms with van der Waals surface area (Å²) in [6.45, 7) is 6.07. The fourth-order valence-electron chi connectivity index (χ4n) is 2.06. The van der Waals surface area contributed by atoms with Crippen LogP contribution >= 0.6 is 24.0 Å². The van der Waals surface area contributed by atoms with Crippen LogP contribution in [0, 0.1) is 0 Å². The van der Waals surface area contributed by atoms with Crippen LogP contribution in [0.4, 0.5) is 0 Å². The molecular formula is C17H30IN3O3. The zero-order valence-electron chi connectivity index (χ0n) is 15.2. The van der Waals surface area contributed by atoms with Crippen LogP contribution in [0.2, 0.25) is 0 Å². The van der Waals surface area contributed by atoms with Gasteiger partial charge in [0.15, 0.2) is 17.5 Å². The Morgan fingerprint density at radius 3 is 2.58 bits per heavy atom. The molecule has 7 heteroatoms. The summed E-state index contributed by atoms with van der Waals surface area (Å²) in [7, 11) is 5.08. The highest BCUT2D eigenvalue weighted by Gasteiger charge is 2.07. The zero-order valence-corrected chi connectivity index (χ0v) is 17.5. The van der Waals surface area contributed by atoms with Crippen molar-refractivity contribution in [3.05, 3.63) is 23.8 Å². The summed E-state index contributed by atoms with van der Waals surface area (Å²) in [6, 6.07) is 6.12. The van der Waals surface area contributed by atoms with E-state index in [1.807, 2.05) is 25.1 Å². The largest absolute Gasteiger partial charge is 0.493 e. The minimum absolute atomic E-state index is 0. The highest BCUT2D eigenvalue weighted by Crippen LogP contribution is 2.28. The van der Waals surface area contributed by atoms with E-state index >= 15 is 0 Å². The summed E-state index contributed by atoms with van der Waals surface area (Å²) in [5.41, 5.74) is 1.09. The molecule has 0 aromatic heterocycles. The molecule has 0 aliphatic heterocycles. The quantitative estimate of drug-likeness (QED) is 0.344. The Hall–Kier alpha value is -1.22. The van der Waals surface area contributed by atoms with E-state index in [0.29, 0.717) is 19.8 Å². The number of hydrogen-bond acceptors (Lipinski definition) is 4. The Kier molecular flexibility index (Phi) is 12.4. The van der Waals surface area contributed by atoms with Crippen LogP contribution in [0.3, 0.4) is 0 Å². The van der Waals surface area contributed by atoms with Gasteiger partial charge in [-0.2, -0.15) is 0 Å². The average Bonchev–Trinajstić information content (AvgIpc) is 2.57. The van der Waals surface area contributed by atoms with Crippen LogP contribution in [0.5, 0.6) is 11.5 Å². The lowest BCUT2D eigenvalue weighted by atomic mass is 10.2. The summed E-state index contributed by atoms with van der Waals surface area (Å²) >= 11 is 0. The number of aliphatic imine (C=N–C) groups is 1. The smallest absolute Gasteiger partial charge is 0.191 e. The zero-order chi connectivity index (χ0) is 17.1. The van der Waals surface area contributed by atoms with E-state index < -0.39 is 0 Å². The molecule has 1 aromatic carbocycles. The Morgan fingerprint density at radius 1 is 1.25 bits per heavy atom. The first-order valence-corrected chi connectivity index (χ1v) is 7.90. The van der Waals surface area contributed by atoms with Crippen molar-refractivity contribution in [3.8, 4) is 11.5 Å². The molecule has 0 spiro atoms. The predicted octanol–water partition coefficient (Wildman–Crippen LogP) is 2.80. The summed E-state index contributed by atoms with van der Waals surface area (Å²) in [4.78, 5) is 4.21. The van der Waals surface area contributed by atoms with Gasteiger partial charge in [0.2, 0.25) is 0 Å². The maximum Gasteiger partial charge on any atom is 0.191 e. The van der Waals surface area contributed by atoms with Gasteiger partial charge in [0.05, 0.1) is 20.3 Å². The van der Waals surface area contributed by atoms with Gasteiger partial charge in [-0.25, -0.2) is 0 Å². The SMILES string of the molecule is CCCOc1ccc(CNC(=NC)NC(C)COC)cc1OC.I. The van der Waals surface area contributed by atoms with Crippen molar-refractivity contribution in [3.63, 3.8) is 0 Å². The van der Waals surface area contributed by atoms with Crippen molar-refractivity contribution in [2.24, 2.45) is 4.99 Å². The van der Waals surface area contributed by atoms with Crippen molar-refractivity contribution in [2.75, 3.05) is 34.5 Å². The fraction of sp³-hybridized carbons (Fsp3) is 0.588. The Labute approximate surface area is 162 Å². The highest BCUT2D eigenvalue weighted by molar-refractivity contribution is 14.0. The average molecular weight is 451 g/mol. The molecule has 0 amide bonds. The number of methoxy groups -OCH3 is 2. The van der Waals surface area contributed by atoms with Gasteiger partial charge in [-0.15, -0.1) is 24.0 Å². The van der Waals surface area contributed by atoms with E-state index in [4.69, 9.17) is 14.2 Å². The Bertz CT molecular complexity index is 498. The predicted molar refractivity (Wildman–Crippen MR) is 109 cm³/mol.